The summed E-state index contributed by atoms with van der Waals surface area (Å²) in [6.45, 7) is 6.86. The summed E-state index contributed by atoms with van der Waals surface area (Å²) in [7, 11) is 0. The molecule has 2 aromatic carbocycles. The van der Waals surface area contributed by atoms with Crippen molar-refractivity contribution in [2.45, 2.75) is 46.3 Å². The lowest BCUT2D eigenvalue weighted by Crippen LogP contribution is -2.36. The first-order chi connectivity index (χ1) is 16.8. The first-order valence-corrected chi connectivity index (χ1v) is 12.3. The van der Waals surface area contributed by atoms with Crippen molar-refractivity contribution in [1.82, 2.24) is 14.8 Å². The van der Waals surface area contributed by atoms with Gasteiger partial charge in [0.05, 0.1) is 6.61 Å². The zero-order valence-electron chi connectivity index (χ0n) is 19.8. The lowest BCUT2D eigenvalue weighted by molar-refractivity contribution is -0.118. The predicted octanol–water partition coefficient (Wildman–Crippen LogP) is 6.22. The Labute approximate surface area is 214 Å². The van der Waals surface area contributed by atoms with Gasteiger partial charge in [0.25, 0.3) is 0 Å². The Morgan fingerprint density at radius 2 is 1.94 bits per heavy atom. The number of nitrogens with zero attached hydrogens (tertiary/aromatic N) is 3. The van der Waals surface area contributed by atoms with Crippen LogP contribution in [0, 0.1) is 5.41 Å². The number of allylic oxidation sites excluding steroid dienone is 2. The molecule has 5 rings (SSSR count). The molecule has 1 unspecified atom stereocenters. The molecule has 0 spiro atoms. The topological polar surface area (TPSA) is 78.3 Å². The summed E-state index contributed by atoms with van der Waals surface area (Å²) in [5.74, 6) is 1.90. The average Bonchev–Trinajstić information content (AvgIpc) is 3.25. The number of rotatable bonds is 6. The molecule has 35 heavy (non-hydrogen) atoms. The molecule has 0 radical (unpaired) electrons. The summed E-state index contributed by atoms with van der Waals surface area (Å²) in [6.07, 6.45) is 2.74. The second-order valence-corrected chi connectivity index (χ2v) is 10.4. The number of carbonyl (C=O) groups is 1. The van der Waals surface area contributed by atoms with Gasteiger partial charge in [-0.1, -0.05) is 49.2 Å². The number of halogens is 2. The molecule has 0 saturated heterocycles. The second-order valence-electron chi connectivity index (χ2n) is 9.55. The van der Waals surface area contributed by atoms with Gasteiger partial charge in [-0.3, -0.25) is 4.79 Å². The van der Waals surface area contributed by atoms with Crippen molar-refractivity contribution in [3.8, 4) is 11.5 Å². The number of aromatic nitrogens is 3. The van der Waals surface area contributed by atoms with Crippen LogP contribution in [0.3, 0.4) is 0 Å². The molecule has 3 aromatic rings. The molecular weight excluding hydrogens is 487 g/mol. The van der Waals surface area contributed by atoms with E-state index in [1.54, 1.807) is 16.8 Å². The number of nitrogens with one attached hydrogen (secondary N) is 1. The van der Waals surface area contributed by atoms with Gasteiger partial charge in [-0.05, 0) is 48.6 Å². The molecule has 2 aliphatic rings. The van der Waals surface area contributed by atoms with Crippen molar-refractivity contribution in [2.24, 2.45) is 5.41 Å². The van der Waals surface area contributed by atoms with E-state index in [2.05, 4.69) is 29.2 Å². The summed E-state index contributed by atoms with van der Waals surface area (Å²) in [5.41, 5.74) is 3.21. The highest BCUT2D eigenvalue weighted by Crippen LogP contribution is 2.46. The fraction of sp³-hybridized carbons (Fsp3) is 0.346. The van der Waals surface area contributed by atoms with Crippen molar-refractivity contribution in [1.29, 1.82) is 0 Å². The number of ether oxygens (including phenoxy) is 2. The fourth-order valence-corrected chi connectivity index (χ4v) is 5.20. The van der Waals surface area contributed by atoms with E-state index in [-0.39, 0.29) is 17.8 Å². The summed E-state index contributed by atoms with van der Waals surface area (Å²) in [5, 5.41) is 8.87. The zero-order chi connectivity index (χ0) is 24.7. The van der Waals surface area contributed by atoms with Gasteiger partial charge in [-0.15, -0.1) is 0 Å². The van der Waals surface area contributed by atoms with Crippen LogP contribution >= 0.6 is 23.2 Å². The molecule has 1 N–H and O–H groups in total. The Morgan fingerprint density at radius 1 is 1.11 bits per heavy atom. The van der Waals surface area contributed by atoms with E-state index in [0.717, 1.165) is 28.8 Å². The number of fused-ring (bicyclic) bond motifs is 1. The largest absolute Gasteiger partial charge is 0.490 e. The quantitative estimate of drug-likeness (QED) is 0.422. The number of anilines is 1. The van der Waals surface area contributed by atoms with Crippen LogP contribution in [-0.4, -0.2) is 27.2 Å². The van der Waals surface area contributed by atoms with Gasteiger partial charge in [0.1, 0.15) is 19.0 Å². The number of benzene rings is 2. The maximum atomic E-state index is 13.3. The highest BCUT2D eigenvalue weighted by atomic mass is 35.5. The lowest BCUT2D eigenvalue weighted by Gasteiger charge is -2.38. The minimum atomic E-state index is -0.397. The van der Waals surface area contributed by atoms with Crippen LogP contribution in [0.1, 0.15) is 50.8 Å². The molecule has 0 bridgehead atoms. The third kappa shape index (κ3) is 4.62. The molecular formula is C26H26Cl2N4O3. The third-order valence-corrected chi connectivity index (χ3v) is 6.84. The molecule has 1 aliphatic heterocycles. The maximum Gasteiger partial charge on any atom is 0.226 e. The van der Waals surface area contributed by atoms with Crippen LogP contribution in [0.25, 0.3) is 0 Å². The monoisotopic (exact) mass is 512 g/mol. The van der Waals surface area contributed by atoms with Gasteiger partial charge in [0, 0.05) is 33.3 Å². The number of hydrogen-bond donors (Lipinski definition) is 1. The van der Waals surface area contributed by atoms with Crippen LogP contribution in [0.4, 0.5) is 5.95 Å². The molecule has 9 heteroatoms. The Bertz CT molecular complexity index is 1330. The van der Waals surface area contributed by atoms with Crippen molar-refractivity contribution in [3.63, 3.8) is 0 Å². The van der Waals surface area contributed by atoms with E-state index in [9.17, 15) is 4.79 Å². The summed E-state index contributed by atoms with van der Waals surface area (Å²) < 4.78 is 13.8. The van der Waals surface area contributed by atoms with E-state index < -0.39 is 6.04 Å². The minimum absolute atomic E-state index is 0.116. The van der Waals surface area contributed by atoms with Gasteiger partial charge in [-0.2, -0.15) is 10.1 Å². The summed E-state index contributed by atoms with van der Waals surface area (Å²) >= 11 is 12.3. The first kappa shape index (κ1) is 23.7. The Morgan fingerprint density at radius 3 is 2.71 bits per heavy atom. The molecule has 2 heterocycles. The van der Waals surface area contributed by atoms with Crippen LogP contribution in [0.5, 0.6) is 11.5 Å². The number of Topliss-reactive ketones (excluding diaryl/α,β-unsaturated/α-hetero) is 1. The highest BCUT2D eigenvalue weighted by Gasteiger charge is 2.41. The molecule has 1 aliphatic carbocycles. The molecule has 0 saturated carbocycles. The Hall–Kier alpha value is -3.03. The van der Waals surface area contributed by atoms with Crippen molar-refractivity contribution < 1.29 is 14.3 Å². The van der Waals surface area contributed by atoms with Gasteiger partial charge in [-0.25, -0.2) is 4.68 Å². The molecule has 0 amide bonds. The Kier molecular flexibility index (Phi) is 6.23. The lowest BCUT2D eigenvalue weighted by atomic mass is 9.73. The molecule has 1 aromatic heterocycles. The van der Waals surface area contributed by atoms with Gasteiger partial charge >= 0.3 is 0 Å². The van der Waals surface area contributed by atoms with E-state index >= 15 is 0 Å². The van der Waals surface area contributed by atoms with Crippen LogP contribution in [0.15, 0.2) is 54.0 Å². The predicted molar refractivity (Wildman–Crippen MR) is 135 cm³/mol. The summed E-state index contributed by atoms with van der Waals surface area (Å²) in [4.78, 5) is 17.7. The average molecular weight is 513 g/mol. The van der Waals surface area contributed by atoms with E-state index in [1.807, 2.05) is 31.2 Å². The second kappa shape index (κ2) is 9.21. The summed E-state index contributed by atoms with van der Waals surface area (Å²) in [6, 6.07) is 10.6. The van der Waals surface area contributed by atoms with Crippen LogP contribution < -0.4 is 14.8 Å². The highest BCUT2D eigenvalue weighted by molar-refractivity contribution is 6.35. The number of hydrogen-bond acceptors (Lipinski definition) is 6. The SMILES string of the molecule is CCOc1cc(C2C3=C(CC(C)(C)CC3=O)Nc3ncnn32)ccc1OCc1ccc(Cl)cc1Cl. The van der Waals surface area contributed by atoms with Crippen LogP contribution in [-0.2, 0) is 11.4 Å². The van der Waals surface area contributed by atoms with Crippen LogP contribution in [0.2, 0.25) is 10.0 Å². The van der Waals surface area contributed by atoms with Gasteiger partial charge in [0.2, 0.25) is 5.95 Å². The van der Waals surface area contributed by atoms with Crippen molar-refractivity contribution >= 4 is 34.9 Å². The standard InChI is InChI=1S/C26H26Cl2N4O3/c1-4-34-22-9-15(6-8-21(22)35-13-16-5-7-17(27)10-18(16)28)24-23-19(11-26(2,3)12-20(23)33)31-25-29-14-30-32(24)25/h5-10,14,24H,4,11-13H2,1-3H3,(H,29,30,31). The molecule has 7 nitrogen and oxygen atoms in total. The number of ketones is 1. The van der Waals surface area contributed by atoms with Crippen molar-refractivity contribution in [3.05, 3.63) is 75.2 Å². The van der Waals surface area contributed by atoms with E-state index in [1.165, 1.54) is 6.33 Å². The van der Waals surface area contributed by atoms with Gasteiger partial charge in [0.15, 0.2) is 17.3 Å². The maximum absolute atomic E-state index is 13.3. The number of carbonyl (C=O) groups excluding carboxylic acids is 1. The third-order valence-electron chi connectivity index (χ3n) is 6.26. The van der Waals surface area contributed by atoms with Crippen molar-refractivity contribution in [2.75, 3.05) is 11.9 Å². The smallest absolute Gasteiger partial charge is 0.226 e. The van der Waals surface area contributed by atoms with E-state index in [0.29, 0.717) is 40.5 Å². The molecule has 0 fully saturated rings. The zero-order valence-corrected chi connectivity index (χ0v) is 21.3. The van der Waals surface area contributed by atoms with Gasteiger partial charge < -0.3 is 14.8 Å². The Balaban J connectivity index is 1.51. The molecule has 1 atom stereocenters. The normalized spacial score (nSPS) is 18.5. The first-order valence-electron chi connectivity index (χ1n) is 11.5. The molecule has 182 valence electrons. The fourth-order valence-electron chi connectivity index (χ4n) is 4.73. The minimum Gasteiger partial charge on any atom is -0.490 e. The van der Waals surface area contributed by atoms with E-state index in [4.69, 9.17) is 32.7 Å².